The first-order valence-corrected chi connectivity index (χ1v) is 5.39. The summed E-state index contributed by atoms with van der Waals surface area (Å²) >= 11 is 3.15. The fraction of sp³-hybridized carbons (Fsp3) is 0.100. The zero-order chi connectivity index (χ0) is 11.7. The van der Waals surface area contributed by atoms with Crippen LogP contribution in [-0.4, -0.2) is 4.98 Å². The van der Waals surface area contributed by atoms with Gasteiger partial charge in [-0.15, -0.1) is 0 Å². The zero-order valence-electron chi connectivity index (χ0n) is 7.81. The number of halogens is 4. The zero-order valence-corrected chi connectivity index (χ0v) is 9.39. The molecule has 2 nitrogen and oxygen atoms in total. The molecule has 0 atom stereocenters. The van der Waals surface area contributed by atoms with Gasteiger partial charge >= 0.3 is 0 Å². The van der Waals surface area contributed by atoms with Crippen molar-refractivity contribution in [3.05, 3.63) is 41.7 Å². The lowest BCUT2D eigenvalue weighted by Crippen LogP contribution is -1.92. The number of nitrogens with zero attached hydrogens (tertiary/aromatic N) is 1. The van der Waals surface area contributed by atoms with Gasteiger partial charge in [-0.2, -0.15) is 0 Å². The standard InChI is InChI=1S/C10H5BrF3NO/c11-3-8-10(16-4-15-8)5-1-6(12)9(14)7(13)2-5/h1-2,4H,3H2. The van der Waals surface area contributed by atoms with Crippen molar-refractivity contribution in [3.8, 4) is 11.3 Å². The number of hydrogen-bond acceptors (Lipinski definition) is 2. The molecule has 0 amide bonds. The predicted molar refractivity (Wildman–Crippen MR) is 54.4 cm³/mol. The number of oxazole rings is 1. The molecule has 0 fully saturated rings. The van der Waals surface area contributed by atoms with Crippen LogP contribution in [0.25, 0.3) is 11.3 Å². The lowest BCUT2D eigenvalue weighted by atomic mass is 10.1. The molecule has 0 aliphatic carbocycles. The van der Waals surface area contributed by atoms with E-state index in [4.69, 9.17) is 4.42 Å². The Kier molecular flexibility index (Phi) is 3.00. The van der Waals surface area contributed by atoms with Gasteiger partial charge in [-0.05, 0) is 12.1 Å². The molecule has 0 spiro atoms. The molecule has 0 saturated carbocycles. The summed E-state index contributed by atoms with van der Waals surface area (Å²) in [5.74, 6) is -3.79. The van der Waals surface area contributed by atoms with Crippen molar-refractivity contribution in [3.63, 3.8) is 0 Å². The van der Waals surface area contributed by atoms with Crippen LogP contribution >= 0.6 is 15.9 Å². The summed E-state index contributed by atoms with van der Waals surface area (Å²) in [7, 11) is 0. The molecule has 0 saturated heterocycles. The second-order valence-electron chi connectivity index (χ2n) is 3.02. The van der Waals surface area contributed by atoms with Crippen molar-refractivity contribution in [1.82, 2.24) is 4.98 Å². The van der Waals surface area contributed by atoms with Crippen molar-refractivity contribution in [1.29, 1.82) is 0 Å². The summed E-state index contributed by atoms with van der Waals surface area (Å²) < 4.78 is 43.7. The van der Waals surface area contributed by atoms with Crippen LogP contribution in [0, 0.1) is 17.5 Å². The van der Waals surface area contributed by atoms with Gasteiger partial charge in [0.25, 0.3) is 0 Å². The molecule has 0 bridgehead atoms. The summed E-state index contributed by atoms with van der Waals surface area (Å²) in [6, 6.07) is 1.73. The van der Waals surface area contributed by atoms with Crippen molar-refractivity contribution in [2.75, 3.05) is 0 Å². The second kappa shape index (κ2) is 4.29. The smallest absolute Gasteiger partial charge is 0.194 e. The lowest BCUT2D eigenvalue weighted by Gasteiger charge is -2.01. The van der Waals surface area contributed by atoms with Gasteiger partial charge in [-0.1, -0.05) is 15.9 Å². The molecule has 16 heavy (non-hydrogen) atoms. The fourth-order valence-corrected chi connectivity index (χ4v) is 1.69. The average molecular weight is 292 g/mol. The summed E-state index contributed by atoms with van der Waals surface area (Å²) in [6.45, 7) is 0. The molecule has 0 aliphatic rings. The van der Waals surface area contributed by atoms with E-state index in [1.165, 1.54) is 0 Å². The van der Waals surface area contributed by atoms with Crippen LogP contribution in [0.4, 0.5) is 13.2 Å². The largest absolute Gasteiger partial charge is 0.443 e. The monoisotopic (exact) mass is 291 g/mol. The summed E-state index contributed by atoms with van der Waals surface area (Å²) in [5.41, 5.74) is 0.605. The summed E-state index contributed by atoms with van der Waals surface area (Å²) in [4.78, 5) is 3.84. The van der Waals surface area contributed by atoms with Crippen LogP contribution < -0.4 is 0 Å². The molecular weight excluding hydrogens is 287 g/mol. The Balaban J connectivity index is 2.57. The van der Waals surface area contributed by atoms with E-state index in [1.807, 2.05) is 0 Å². The molecule has 84 valence electrons. The Morgan fingerprint density at radius 1 is 1.19 bits per heavy atom. The van der Waals surface area contributed by atoms with E-state index in [9.17, 15) is 13.2 Å². The maximum Gasteiger partial charge on any atom is 0.194 e. The number of alkyl halides is 1. The van der Waals surface area contributed by atoms with Gasteiger partial charge in [0.15, 0.2) is 29.6 Å². The van der Waals surface area contributed by atoms with E-state index in [-0.39, 0.29) is 11.3 Å². The first kappa shape index (κ1) is 11.2. The molecule has 0 radical (unpaired) electrons. The lowest BCUT2D eigenvalue weighted by molar-refractivity contribution is 0.447. The van der Waals surface area contributed by atoms with Crippen LogP contribution in [0.2, 0.25) is 0 Å². The SMILES string of the molecule is Fc1cc(-c2ocnc2CBr)cc(F)c1F. The van der Waals surface area contributed by atoms with Gasteiger partial charge in [0.1, 0.15) is 0 Å². The third kappa shape index (κ3) is 1.84. The Morgan fingerprint density at radius 2 is 1.81 bits per heavy atom. The maximum atomic E-state index is 13.0. The predicted octanol–water partition coefficient (Wildman–Crippen LogP) is 3.65. The minimum atomic E-state index is -1.50. The number of rotatable bonds is 2. The summed E-state index contributed by atoms with van der Waals surface area (Å²) in [6.07, 6.45) is 1.16. The van der Waals surface area contributed by atoms with E-state index >= 15 is 0 Å². The highest BCUT2D eigenvalue weighted by molar-refractivity contribution is 9.08. The highest BCUT2D eigenvalue weighted by atomic mass is 79.9. The number of hydrogen-bond donors (Lipinski definition) is 0. The minimum absolute atomic E-state index is 0.114. The van der Waals surface area contributed by atoms with E-state index in [1.54, 1.807) is 0 Å². The Hall–Kier alpha value is -1.30. The minimum Gasteiger partial charge on any atom is -0.443 e. The molecule has 0 unspecified atom stereocenters. The first-order valence-electron chi connectivity index (χ1n) is 4.26. The molecule has 1 aromatic carbocycles. The Labute approximate surface area is 97.2 Å². The van der Waals surface area contributed by atoms with Crippen LogP contribution in [0.15, 0.2) is 22.9 Å². The van der Waals surface area contributed by atoms with E-state index in [0.29, 0.717) is 11.0 Å². The molecule has 0 N–H and O–H groups in total. The molecule has 0 aliphatic heterocycles. The molecule has 1 heterocycles. The maximum absolute atomic E-state index is 13.0. The average Bonchev–Trinajstić information content (AvgIpc) is 2.73. The normalized spacial score (nSPS) is 10.8. The molecule has 2 rings (SSSR count). The number of benzene rings is 1. The van der Waals surface area contributed by atoms with Crippen molar-refractivity contribution < 1.29 is 17.6 Å². The van der Waals surface area contributed by atoms with Gasteiger partial charge in [0.05, 0.1) is 5.69 Å². The van der Waals surface area contributed by atoms with Crippen molar-refractivity contribution in [2.45, 2.75) is 5.33 Å². The van der Waals surface area contributed by atoms with Gasteiger partial charge in [-0.25, -0.2) is 18.2 Å². The molecule has 2 aromatic rings. The Morgan fingerprint density at radius 3 is 2.38 bits per heavy atom. The van der Waals surface area contributed by atoms with Gasteiger partial charge in [0.2, 0.25) is 0 Å². The van der Waals surface area contributed by atoms with E-state index in [0.717, 1.165) is 18.5 Å². The number of aromatic nitrogens is 1. The van der Waals surface area contributed by atoms with Crippen molar-refractivity contribution in [2.24, 2.45) is 0 Å². The Bertz CT molecular complexity index is 504. The highest BCUT2D eigenvalue weighted by Gasteiger charge is 2.16. The highest BCUT2D eigenvalue weighted by Crippen LogP contribution is 2.27. The quantitative estimate of drug-likeness (QED) is 0.623. The third-order valence-corrected chi connectivity index (χ3v) is 2.54. The van der Waals surface area contributed by atoms with Gasteiger partial charge in [0, 0.05) is 10.9 Å². The molecular formula is C10H5BrF3NO. The molecule has 1 aromatic heterocycles. The van der Waals surface area contributed by atoms with Gasteiger partial charge in [-0.3, -0.25) is 0 Å². The summed E-state index contributed by atoms with van der Waals surface area (Å²) in [5, 5.41) is 0.374. The third-order valence-electron chi connectivity index (χ3n) is 2.01. The fourth-order valence-electron chi connectivity index (χ4n) is 1.29. The van der Waals surface area contributed by atoms with E-state index in [2.05, 4.69) is 20.9 Å². The second-order valence-corrected chi connectivity index (χ2v) is 3.58. The van der Waals surface area contributed by atoms with Crippen LogP contribution in [0.5, 0.6) is 0 Å². The van der Waals surface area contributed by atoms with Crippen LogP contribution in [0.3, 0.4) is 0 Å². The van der Waals surface area contributed by atoms with Crippen molar-refractivity contribution >= 4 is 15.9 Å². The first-order chi connectivity index (χ1) is 7.63. The molecule has 6 heteroatoms. The van der Waals surface area contributed by atoms with Crippen LogP contribution in [-0.2, 0) is 5.33 Å². The topological polar surface area (TPSA) is 26.0 Å². The van der Waals surface area contributed by atoms with E-state index < -0.39 is 17.5 Å². The van der Waals surface area contributed by atoms with Crippen LogP contribution in [0.1, 0.15) is 5.69 Å². The van der Waals surface area contributed by atoms with Gasteiger partial charge < -0.3 is 4.42 Å².